The van der Waals surface area contributed by atoms with Gasteiger partial charge in [0.05, 0.1) is 60.3 Å². The topological polar surface area (TPSA) is 218 Å². The highest BCUT2D eigenvalue weighted by atomic mass is 127. The normalized spacial score (nSPS) is 17.7. The first kappa shape index (κ1) is 82.7. The van der Waals surface area contributed by atoms with Crippen molar-refractivity contribution in [2.45, 2.75) is 81.2 Å². The molecule has 1 saturated carbocycles. The molecule has 6 aromatic heterocycles. The third-order valence-corrected chi connectivity index (χ3v) is 21.5. The van der Waals surface area contributed by atoms with Crippen LogP contribution in [0.5, 0.6) is 0 Å². The molecule has 22 nitrogen and oxygen atoms in total. The number of likely N-dealkylation sites (N-methyl/N-ethyl adjacent to an activating group) is 1. The van der Waals surface area contributed by atoms with Gasteiger partial charge in [-0.05, 0) is 68.5 Å². The minimum Gasteiger partial charge on any atom is -0.304 e. The highest BCUT2D eigenvalue weighted by Gasteiger charge is 2.42. The zero-order valence-corrected chi connectivity index (χ0v) is 64.0. The molecule has 0 spiro atoms. The van der Waals surface area contributed by atoms with Crippen molar-refractivity contribution in [3.63, 3.8) is 0 Å². The molecule has 0 N–H and O–H groups in total. The summed E-state index contributed by atoms with van der Waals surface area (Å²) in [6.45, 7) is 9.99. The molecule has 0 radical (unpaired) electrons. The number of nitrogens with zero attached hydrogens (tertiary/aromatic N) is 22. The van der Waals surface area contributed by atoms with Gasteiger partial charge >= 0.3 is 0 Å². The molecule has 0 bridgehead atoms. The maximum absolute atomic E-state index is 14.5. The molecule has 2 fully saturated rings. The summed E-state index contributed by atoms with van der Waals surface area (Å²) in [5.41, 5.74) is 13.8. The number of aryl methyl sites for hydroxylation is 2. The van der Waals surface area contributed by atoms with E-state index < -0.39 is 5.92 Å². The van der Waals surface area contributed by atoms with Crippen molar-refractivity contribution in [3.05, 3.63) is 228 Å². The van der Waals surface area contributed by atoms with Crippen LogP contribution in [0.3, 0.4) is 0 Å². The van der Waals surface area contributed by atoms with Gasteiger partial charge in [-0.3, -0.25) is 19.6 Å². The number of halogens is 7. The van der Waals surface area contributed by atoms with Crippen molar-refractivity contribution >= 4 is 125 Å². The Labute approximate surface area is 673 Å². The third kappa shape index (κ3) is 17.4. The van der Waals surface area contributed by atoms with E-state index in [4.69, 9.17) is 46.4 Å². The largest absolute Gasteiger partial charge is 0.304 e. The Morgan fingerprint density at radius 3 is 1.40 bits per heavy atom. The summed E-state index contributed by atoms with van der Waals surface area (Å²) >= 11 is 28.7. The van der Waals surface area contributed by atoms with E-state index in [-0.39, 0.29) is 59.6 Å². The molecule has 4 unspecified atom stereocenters. The Balaban J connectivity index is 0.000000146. The van der Waals surface area contributed by atoms with Crippen LogP contribution >= 0.6 is 69.0 Å². The Hall–Kier alpha value is -9.74. The van der Waals surface area contributed by atoms with Crippen molar-refractivity contribution in [3.8, 4) is 45.0 Å². The van der Waals surface area contributed by atoms with Gasteiger partial charge in [-0.15, -0.1) is 35.7 Å². The molecule has 4 atom stereocenters. The van der Waals surface area contributed by atoms with E-state index >= 15 is 0 Å². The summed E-state index contributed by atoms with van der Waals surface area (Å²) in [5.74, 6) is -0.526. The van der Waals surface area contributed by atoms with Gasteiger partial charge in [-0.2, -0.15) is 40.9 Å². The molecule has 6 aliphatic rings. The van der Waals surface area contributed by atoms with Gasteiger partial charge in [-0.1, -0.05) is 240 Å². The van der Waals surface area contributed by atoms with Crippen LogP contribution < -0.4 is 0 Å². The highest BCUT2D eigenvalue weighted by molar-refractivity contribution is 14.1. The number of hydrogen-bond donors (Lipinski definition) is 0. The SMILES string of the molecule is C.C.C.C.CC1=NN(C)C2N=NC(c3cccc(F)c3)=C(Cl)C12.CC1=NN(C)C2N=NC(c3ccccc3)=C(F)C12.CN1CCN(CCn2nc3nnc(-c4ccccc4)c(Cl)c3c2I)CC1.Cn1nc(-c2ccccc2)c2c(Cl)c(-c3ccccc3)nnc21.Cn1nc(C2CC2)c2c(Cl)c(-c3ccccc3)nnc21. The Morgan fingerprint density at radius 1 is 0.445 bits per heavy atom. The fraction of sp³-hybridized carbons (Fsp3) is 0.296. The van der Waals surface area contributed by atoms with Crippen LogP contribution in [0.2, 0.25) is 15.1 Å². The molecule has 6 aromatic carbocycles. The fourth-order valence-electron chi connectivity index (χ4n) is 13.2. The maximum Gasteiger partial charge on any atom is 0.205 e. The van der Waals surface area contributed by atoms with Gasteiger partial charge in [0.15, 0.2) is 23.6 Å². The van der Waals surface area contributed by atoms with Gasteiger partial charge in [0.2, 0.25) is 5.65 Å². The third-order valence-electron chi connectivity index (χ3n) is 18.9. The quantitative estimate of drug-likeness (QED) is 0.117. The van der Waals surface area contributed by atoms with Crippen LogP contribution in [-0.4, -0.2) is 157 Å². The first-order valence-electron chi connectivity index (χ1n) is 34.4. The molecule has 5 aliphatic heterocycles. The van der Waals surface area contributed by atoms with Crippen LogP contribution in [0.25, 0.3) is 89.5 Å². The monoisotopic (exact) mass is 1670 g/mol. The van der Waals surface area contributed by atoms with Crippen molar-refractivity contribution < 1.29 is 8.78 Å². The summed E-state index contributed by atoms with van der Waals surface area (Å²) in [6.07, 6.45) is 1.85. The van der Waals surface area contributed by atoms with E-state index in [0.29, 0.717) is 65.7 Å². The fourth-order valence-corrected chi connectivity index (χ4v) is 15.6. The summed E-state index contributed by atoms with van der Waals surface area (Å²) in [6, 6.07) is 55.1. The molecule has 1 aliphatic carbocycles. The van der Waals surface area contributed by atoms with Crippen LogP contribution in [0.15, 0.2) is 217 Å². The number of hydrazone groups is 2. The van der Waals surface area contributed by atoms with E-state index in [0.717, 1.165) is 121 Å². The minimum atomic E-state index is -0.400. The van der Waals surface area contributed by atoms with Crippen LogP contribution in [-0.2, 0) is 20.6 Å². The Bertz CT molecular complexity index is 5400. The predicted octanol–water partition coefficient (Wildman–Crippen LogP) is 20.0. The van der Waals surface area contributed by atoms with Crippen molar-refractivity contribution in [1.82, 2.24) is 79.8 Å². The lowest BCUT2D eigenvalue weighted by atomic mass is 9.96. The molecule has 0 amide bonds. The predicted molar refractivity (Wildman–Crippen MR) is 450 cm³/mol. The standard InChI is InChI=1S/C18H20ClIN6.C18H13ClN4.C15H13ClN4.C13H12ClFN4.C13H13FN4.4CH4/c1-24-7-9-25(10-8-24)11-12-26-17(20)14-15(19)16(21-22-18(14)23-26)13-5-3-2-4-6-13;1-23-18-14(16(22-23)12-8-4-2-5-9-12)15(19)17(20-21-18)13-10-6-3-7-11-13;1-20-15-11(13(19-20)10-7-8-10)12(16)14(17-18-15)9-5-3-2-4-6-9;1-7-10-11(14)12(8-4-3-5-9(15)6-8)16-17-13(10)19(2)18-7;1-8-10-11(14)12(9-6-4-3-5-7-9)15-16-13(10)18(2)17-8;;;;/h2-6H,7-12H2,1H3;2-11H,1H3;2-6,10H,7-8H2,1H3;3-6,10,13H,1-2H3;3-7,10,13H,1-2H3;4*1H4. The number of fused-ring (bicyclic) bond motifs is 5. The molecule has 18 rings (SSSR count). The minimum absolute atomic E-state index is 0. The van der Waals surface area contributed by atoms with Crippen LogP contribution in [0, 0.1) is 21.4 Å². The zero-order valence-electron chi connectivity index (χ0n) is 58.8. The summed E-state index contributed by atoms with van der Waals surface area (Å²) in [4.78, 5) is 4.84. The number of hydrogen-bond acceptors (Lipinski definition) is 19. The highest BCUT2D eigenvalue weighted by Crippen LogP contribution is 2.46. The molecule has 29 heteroatoms. The van der Waals surface area contributed by atoms with E-state index in [1.165, 1.54) is 25.0 Å². The van der Waals surface area contributed by atoms with Gasteiger partial charge in [0, 0.05) is 112 Å². The number of azo groups is 2. The lowest BCUT2D eigenvalue weighted by Gasteiger charge is -2.32. The lowest BCUT2D eigenvalue weighted by molar-refractivity contribution is 0.148. The lowest BCUT2D eigenvalue weighted by Crippen LogP contribution is -2.45. The van der Waals surface area contributed by atoms with Crippen LogP contribution in [0.1, 0.15) is 79.1 Å². The number of rotatable bonds is 10. The van der Waals surface area contributed by atoms with Gasteiger partial charge in [0.25, 0.3) is 0 Å². The van der Waals surface area contributed by atoms with Gasteiger partial charge < -0.3 is 4.90 Å². The average molecular weight is 1680 g/mol. The number of piperazine rings is 1. The van der Waals surface area contributed by atoms with Crippen LogP contribution in [0.4, 0.5) is 8.78 Å². The number of benzene rings is 6. The first-order valence-corrected chi connectivity index (χ1v) is 37.0. The molecular weight excluding hydrogens is 1590 g/mol. The van der Waals surface area contributed by atoms with Crippen molar-refractivity contribution in [1.29, 1.82) is 0 Å². The maximum atomic E-state index is 14.5. The summed E-state index contributed by atoms with van der Waals surface area (Å²) < 4.78 is 34.3. The van der Waals surface area contributed by atoms with E-state index in [2.05, 4.69) is 116 Å². The zero-order chi connectivity index (χ0) is 73.9. The van der Waals surface area contributed by atoms with E-state index in [1.54, 1.807) is 38.6 Å². The Kier molecular flexibility index (Phi) is 27.4. The summed E-state index contributed by atoms with van der Waals surface area (Å²) in [7, 11) is 9.54. The number of aromatic nitrogens is 12. The molecule has 1 saturated heterocycles. The Morgan fingerprint density at radius 2 is 0.882 bits per heavy atom. The molecular formula is C81H87Cl4F2IN22. The molecule has 12 aromatic rings. The van der Waals surface area contributed by atoms with Crippen molar-refractivity contribution in [2.75, 3.05) is 53.9 Å². The molecule has 570 valence electrons. The molecule has 11 heterocycles. The smallest absolute Gasteiger partial charge is 0.205 e. The van der Waals surface area contributed by atoms with Crippen molar-refractivity contribution in [2.24, 2.45) is 56.6 Å². The second kappa shape index (κ2) is 36.4. The van der Waals surface area contributed by atoms with E-state index in [9.17, 15) is 8.78 Å². The second-order valence-electron chi connectivity index (χ2n) is 26.2. The average Bonchev–Trinajstić information content (AvgIpc) is 1.61. The van der Waals surface area contributed by atoms with Gasteiger partial charge in [-0.25, -0.2) is 18.1 Å². The summed E-state index contributed by atoms with van der Waals surface area (Å²) in [5, 5.41) is 73.3. The second-order valence-corrected chi connectivity index (χ2v) is 28.7. The van der Waals surface area contributed by atoms with Gasteiger partial charge in [0.1, 0.15) is 49.5 Å². The first-order chi connectivity index (χ1) is 51.4. The van der Waals surface area contributed by atoms with E-state index in [1.807, 2.05) is 191 Å². The molecule has 110 heavy (non-hydrogen) atoms.